The highest BCUT2D eigenvalue weighted by Crippen LogP contribution is 2.20. The van der Waals surface area contributed by atoms with Crippen LogP contribution >= 0.6 is 0 Å². The lowest BCUT2D eigenvalue weighted by Crippen LogP contribution is -2.45. The summed E-state index contributed by atoms with van der Waals surface area (Å²) >= 11 is 0. The standard InChI is InChI=1S/C20H27N3O6S/c1-14(18(24)21-17-9-12-30(27,28)13-17)29-19(25)15-7-10-23(11-8-15)20(26)22-16-5-3-2-4-6-16/h2-6,14-15,17H,7-13H2,1H3,(H,21,24)(H,22,26). The second kappa shape index (κ2) is 9.46. The number of amides is 3. The Bertz CT molecular complexity index is 881. The Hall–Kier alpha value is -2.62. The third-order valence-electron chi connectivity index (χ3n) is 5.38. The fraction of sp³-hybridized carbons (Fsp3) is 0.550. The lowest BCUT2D eigenvalue weighted by atomic mass is 9.97. The molecule has 0 bridgehead atoms. The highest BCUT2D eigenvalue weighted by Gasteiger charge is 2.33. The van der Waals surface area contributed by atoms with E-state index in [9.17, 15) is 22.8 Å². The summed E-state index contributed by atoms with van der Waals surface area (Å²) in [6, 6.07) is 8.48. The van der Waals surface area contributed by atoms with Crippen LogP contribution in [0.5, 0.6) is 0 Å². The Kier molecular flexibility index (Phi) is 6.96. The summed E-state index contributed by atoms with van der Waals surface area (Å²) in [6.07, 6.45) is 0.283. The minimum atomic E-state index is -3.10. The molecule has 2 atom stereocenters. The molecular weight excluding hydrogens is 410 g/mol. The first-order chi connectivity index (χ1) is 14.2. The van der Waals surface area contributed by atoms with E-state index < -0.39 is 33.9 Å². The van der Waals surface area contributed by atoms with E-state index in [1.807, 2.05) is 18.2 Å². The highest BCUT2D eigenvalue weighted by molar-refractivity contribution is 7.91. The number of nitrogens with one attached hydrogen (secondary N) is 2. The number of likely N-dealkylation sites (tertiary alicyclic amines) is 1. The average Bonchev–Trinajstić information content (AvgIpc) is 3.06. The van der Waals surface area contributed by atoms with Crippen molar-refractivity contribution < 1.29 is 27.5 Å². The zero-order chi connectivity index (χ0) is 21.7. The van der Waals surface area contributed by atoms with Crippen molar-refractivity contribution in [2.24, 2.45) is 5.92 Å². The third-order valence-corrected chi connectivity index (χ3v) is 7.15. The minimum Gasteiger partial charge on any atom is -0.452 e. The summed E-state index contributed by atoms with van der Waals surface area (Å²) in [5, 5.41) is 5.45. The Balaban J connectivity index is 1.41. The molecule has 2 aliphatic rings. The van der Waals surface area contributed by atoms with Crippen LogP contribution in [0.2, 0.25) is 0 Å². The maximum absolute atomic E-state index is 12.4. The van der Waals surface area contributed by atoms with E-state index in [2.05, 4.69) is 10.6 Å². The van der Waals surface area contributed by atoms with Gasteiger partial charge in [0.2, 0.25) is 0 Å². The molecule has 2 fully saturated rings. The summed E-state index contributed by atoms with van der Waals surface area (Å²) in [5.41, 5.74) is 0.707. The first-order valence-corrected chi connectivity index (χ1v) is 11.9. The Morgan fingerprint density at radius 1 is 1.10 bits per heavy atom. The molecule has 2 N–H and O–H groups in total. The Morgan fingerprint density at radius 2 is 1.77 bits per heavy atom. The van der Waals surface area contributed by atoms with Crippen molar-refractivity contribution in [3.63, 3.8) is 0 Å². The number of carbonyl (C=O) groups is 3. The molecule has 1 aromatic rings. The molecule has 10 heteroatoms. The van der Waals surface area contributed by atoms with Gasteiger partial charge in [0.1, 0.15) is 0 Å². The number of hydrogen-bond acceptors (Lipinski definition) is 6. The molecule has 0 aromatic heterocycles. The van der Waals surface area contributed by atoms with E-state index in [0.717, 1.165) is 0 Å². The second-order valence-corrected chi connectivity index (χ2v) is 9.97. The summed E-state index contributed by atoms with van der Waals surface area (Å²) in [6.45, 7) is 2.30. The zero-order valence-electron chi connectivity index (χ0n) is 16.9. The van der Waals surface area contributed by atoms with Crippen LogP contribution in [-0.2, 0) is 24.2 Å². The molecule has 2 aliphatic heterocycles. The first-order valence-electron chi connectivity index (χ1n) is 10.1. The highest BCUT2D eigenvalue weighted by atomic mass is 32.2. The van der Waals surface area contributed by atoms with Crippen LogP contribution in [0.3, 0.4) is 0 Å². The SMILES string of the molecule is CC(OC(=O)C1CCN(C(=O)Nc2ccccc2)CC1)C(=O)NC1CCS(=O)(=O)C1. The van der Waals surface area contributed by atoms with Crippen molar-refractivity contribution in [1.29, 1.82) is 0 Å². The molecule has 1 aromatic carbocycles. The fourth-order valence-corrected chi connectivity index (χ4v) is 5.27. The number of rotatable bonds is 5. The van der Waals surface area contributed by atoms with Crippen molar-refractivity contribution in [1.82, 2.24) is 10.2 Å². The molecule has 2 heterocycles. The van der Waals surface area contributed by atoms with E-state index >= 15 is 0 Å². The predicted octanol–water partition coefficient (Wildman–Crippen LogP) is 1.17. The molecule has 9 nitrogen and oxygen atoms in total. The van der Waals surface area contributed by atoms with Gasteiger partial charge in [-0.1, -0.05) is 18.2 Å². The quantitative estimate of drug-likeness (QED) is 0.667. The summed E-state index contributed by atoms with van der Waals surface area (Å²) in [4.78, 5) is 38.6. The number of benzene rings is 1. The van der Waals surface area contributed by atoms with E-state index in [4.69, 9.17) is 4.74 Å². The van der Waals surface area contributed by atoms with Crippen LogP contribution < -0.4 is 10.6 Å². The number of piperidine rings is 1. The first kappa shape index (κ1) is 22.1. The number of para-hydroxylation sites is 1. The van der Waals surface area contributed by atoms with Crippen LogP contribution in [0.25, 0.3) is 0 Å². The van der Waals surface area contributed by atoms with Gasteiger partial charge in [-0.2, -0.15) is 0 Å². The smallest absolute Gasteiger partial charge is 0.321 e. The van der Waals surface area contributed by atoms with Gasteiger partial charge in [0, 0.05) is 24.8 Å². The Labute approximate surface area is 176 Å². The van der Waals surface area contributed by atoms with Gasteiger partial charge in [-0.3, -0.25) is 9.59 Å². The maximum Gasteiger partial charge on any atom is 0.321 e. The molecule has 2 unspecified atom stereocenters. The van der Waals surface area contributed by atoms with Gasteiger partial charge in [-0.05, 0) is 38.3 Å². The summed E-state index contributed by atoms with van der Waals surface area (Å²) in [7, 11) is -3.10. The average molecular weight is 438 g/mol. The lowest BCUT2D eigenvalue weighted by molar-refractivity contribution is -0.160. The molecule has 2 saturated heterocycles. The number of ether oxygens (including phenoxy) is 1. The molecule has 0 aliphatic carbocycles. The summed E-state index contributed by atoms with van der Waals surface area (Å²) < 4.78 is 28.3. The van der Waals surface area contributed by atoms with Crippen molar-refractivity contribution in [2.45, 2.75) is 38.3 Å². The summed E-state index contributed by atoms with van der Waals surface area (Å²) in [5.74, 6) is -1.37. The normalized spacial score (nSPS) is 22.2. The molecule has 0 radical (unpaired) electrons. The molecular formula is C20H27N3O6S. The number of nitrogens with zero attached hydrogens (tertiary/aromatic N) is 1. The van der Waals surface area contributed by atoms with E-state index in [0.29, 0.717) is 38.0 Å². The van der Waals surface area contributed by atoms with Gasteiger partial charge in [0.15, 0.2) is 15.9 Å². The lowest BCUT2D eigenvalue weighted by Gasteiger charge is -2.31. The van der Waals surface area contributed by atoms with Gasteiger partial charge >= 0.3 is 12.0 Å². The molecule has 0 spiro atoms. The molecule has 164 valence electrons. The van der Waals surface area contributed by atoms with Gasteiger partial charge in [0.05, 0.1) is 17.4 Å². The van der Waals surface area contributed by atoms with Gasteiger partial charge < -0.3 is 20.3 Å². The maximum atomic E-state index is 12.4. The number of hydrogen-bond donors (Lipinski definition) is 2. The number of sulfone groups is 1. The number of anilines is 1. The van der Waals surface area contributed by atoms with E-state index in [-0.39, 0.29) is 23.5 Å². The molecule has 3 amide bonds. The van der Waals surface area contributed by atoms with Crippen molar-refractivity contribution in [2.75, 3.05) is 29.9 Å². The van der Waals surface area contributed by atoms with Gasteiger partial charge in [-0.25, -0.2) is 13.2 Å². The van der Waals surface area contributed by atoms with E-state index in [1.165, 1.54) is 6.92 Å². The van der Waals surface area contributed by atoms with E-state index in [1.54, 1.807) is 17.0 Å². The van der Waals surface area contributed by atoms with Crippen molar-refractivity contribution in [3.05, 3.63) is 30.3 Å². The second-order valence-electron chi connectivity index (χ2n) is 7.75. The van der Waals surface area contributed by atoms with Gasteiger partial charge in [-0.15, -0.1) is 0 Å². The van der Waals surface area contributed by atoms with Crippen LogP contribution in [-0.4, -0.2) is 68.0 Å². The topological polar surface area (TPSA) is 122 Å². The van der Waals surface area contributed by atoms with Crippen molar-refractivity contribution in [3.8, 4) is 0 Å². The fourth-order valence-electron chi connectivity index (χ4n) is 3.59. The molecule has 0 saturated carbocycles. The largest absolute Gasteiger partial charge is 0.452 e. The molecule has 3 rings (SSSR count). The van der Waals surface area contributed by atoms with Crippen molar-refractivity contribution >= 4 is 33.4 Å². The predicted molar refractivity (Wildman–Crippen MR) is 111 cm³/mol. The zero-order valence-corrected chi connectivity index (χ0v) is 17.7. The minimum absolute atomic E-state index is 0.0581. The van der Waals surface area contributed by atoms with Crippen LogP contribution in [0.15, 0.2) is 30.3 Å². The third kappa shape index (κ3) is 5.94. The Morgan fingerprint density at radius 3 is 2.37 bits per heavy atom. The van der Waals surface area contributed by atoms with Gasteiger partial charge in [0.25, 0.3) is 5.91 Å². The molecule has 30 heavy (non-hydrogen) atoms. The van der Waals surface area contributed by atoms with Crippen LogP contribution in [0.4, 0.5) is 10.5 Å². The number of carbonyl (C=O) groups excluding carboxylic acids is 3. The van der Waals surface area contributed by atoms with Crippen LogP contribution in [0, 0.1) is 5.92 Å². The number of esters is 1. The van der Waals surface area contributed by atoms with Crippen LogP contribution in [0.1, 0.15) is 26.2 Å². The monoisotopic (exact) mass is 437 g/mol. The number of urea groups is 1.